The zero-order valence-corrected chi connectivity index (χ0v) is 13.0. The lowest BCUT2D eigenvalue weighted by Crippen LogP contribution is -2.19. The van der Waals surface area contributed by atoms with Crippen LogP contribution in [0.2, 0.25) is 0 Å². The smallest absolute Gasteiger partial charge is 0.254 e. The standard InChI is InChI=1S/C13H14N6O3S/c1-23(21,22)17-12-7-15-19(16-12)8-13(20)18-6-5-9-10(14)3-2-4-11(9)18/h2-7H,8,14H2,1H3,(H,16,17). The predicted molar refractivity (Wildman–Crippen MR) is 85.5 cm³/mol. The number of nitrogens with one attached hydrogen (secondary N) is 1. The second kappa shape index (κ2) is 5.39. The number of rotatable bonds is 4. The summed E-state index contributed by atoms with van der Waals surface area (Å²) in [4.78, 5) is 13.5. The molecule has 0 saturated heterocycles. The van der Waals surface area contributed by atoms with Gasteiger partial charge >= 0.3 is 0 Å². The van der Waals surface area contributed by atoms with E-state index in [4.69, 9.17) is 5.73 Å². The molecule has 0 spiro atoms. The van der Waals surface area contributed by atoms with Gasteiger partial charge in [-0.05, 0) is 18.2 Å². The molecule has 0 aliphatic carbocycles. The molecule has 10 heteroatoms. The van der Waals surface area contributed by atoms with Crippen molar-refractivity contribution < 1.29 is 13.2 Å². The van der Waals surface area contributed by atoms with Gasteiger partial charge in [-0.2, -0.15) is 9.90 Å². The third-order valence-electron chi connectivity index (χ3n) is 3.14. The summed E-state index contributed by atoms with van der Waals surface area (Å²) in [6, 6.07) is 7.07. The van der Waals surface area contributed by atoms with Gasteiger partial charge in [0.25, 0.3) is 5.91 Å². The molecule has 120 valence electrons. The predicted octanol–water partition coefficient (Wildman–Crippen LogP) is 0.527. The number of fused-ring (bicyclic) bond motifs is 1. The van der Waals surface area contributed by atoms with Crippen molar-refractivity contribution in [1.29, 1.82) is 0 Å². The van der Waals surface area contributed by atoms with Gasteiger partial charge < -0.3 is 5.73 Å². The summed E-state index contributed by atoms with van der Waals surface area (Å²) in [7, 11) is -3.44. The molecule has 0 aliphatic rings. The second-order valence-electron chi connectivity index (χ2n) is 4.99. The Hall–Kier alpha value is -2.88. The van der Waals surface area contributed by atoms with E-state index in [0.29, 0.717) is 11.2 Å². The lowest BCUT2D eigenvalue weighted by Gasteiger charge is -2.04. The molecule has 3 N–H and O–H groups in total. The molecule has 0 unspecified atom stereocenters. The van der Waals surface area contributed by atoms with Crippen LogP contribution in [0.3, 0.4) is 0 Å². The van der Waals surface area contributed by atoms with Crippen LogP contribution < -0.4 is 10.5 Å². The Kier molecular flexibility index (Phi) is 3.52. The Bertz CT molecular complexity index is 988. The van der Waals surface area contributed by atoms with E-state index in [1.165, 1.54) is 10.8 Å². The van der Waals surface area contributed by atoms with Gasteiger partial charge in [-0.15, -0.1) is 5.10 Å². The molecular formula is C13H14N6O3S. The maximum Gasteiger partial charge on any atom is 0.254 e. The minimum absolute atomic E-state index is 0.0573. The normalized spacial score (nSPS) is 11.7. The van der Waals surface area contributed by atoms with Crippen molar-refractivity contribution in [2.45, 2.75) is 6.54 Å². The van der Waals surface area contributed by atoms with Crippen LogP contribution in [0.15, 0.2) is 36.7 Å². The van der Waals surface area contributed by atoms with Gasteiger partial charge in [-0.25, -0.2) is 8.42 Å². The van der Waals surface area contributed by atoms with E-state index in [1.807, 2.05) is 0 Å². The largest absolute Gasteiger partial charge is 0.398 e. The Balaban J connectivity index is 1.83. The number of nitrogens with zero attached hydrogens (tertiary/aromatic N) is 4. The lowest BCUT2D eigenvalue weighted by molar-refractivity contribution is 0.0886. The molecule has 1 aromatic carbocycles. The summed E-state index contributed by atoms with van der Waals surface area (Å²) in [5.41, 5.74) is 7.14. The summed E-state index contributed by atoms with van der Waals surface area (Å²) in [5, 5.41) is 8.55. The SMILES string of the molecule is CS(=O)(=O)Nc1cnn(CC(=O)n2ccc3c(N)cccc32)n1. The molecule has 3 rings (SSSR count). The Morgan fingerprint density at radius 2 is 2.13 bits per heavy atom. The molecule has 23 heavy (non-hydrogen) atoms. The molecular weight excluding hydrogens is 320 g/mol. The van der Waals surface area contributed by atoms with E-state index < -0.39 is 10.0 Å². The first-order valence-corrected chi connectivity index (χ1v) is 8.49. The highest BCUT2D eigenvalue weighted by molar-refractivity contribution is 7.92. The first-order chi connectivity index (χ1) is 10.8. The van der Waals surface area contributed by atoms with Gasteiger partial charge in [0.05, 0.1) is 18.0 Å². The number of hydrogen-bond donors (Lipinski definition) is 2. The minimum atomic E-state index is -3.44. The van der Waals surface area contributed by atoms with E-state index in [2.05, 4.69) is 14.9 Å². The highest BCUT2D eigenvalue weighted by atomic mass is 32.2. The van der Waals surface area contributed by atoms with Gasteiger partial charge in [0.1, 0.15) is 6.54 Å². The van der Waals surface area contributed by atoms with E-state index in [1.54, 1.807) is 30.5 Å². The summed E-state index contributed by atoms with van der Waals surface area (Å²) >= 11 is 0. The number of benzene rings is 1. The van der Waals surface area contributed by atoms with E-state index >= 15 is 0 Å². The van der Waals surface area contributed by atoms with Crippen LogP contribution in [0.25, 0.3) is 10.9 Å². The Morgan fingerprint density at radius 1 is 1.35 bits per heavy atom. The number of carbonyl (C=O) groups excluding carboxylic acids is 1. The fraction of sp³-hybridized carbons (Fsp3) is 0.154. The molecule has 3 aromatic rings. The molecule has 0 aliphatic heterocycles. The minimum Gasteiger partial charge on any atom is -0.398 e. The van der Waals surface area contributed by atoms with Crippen LogP contribution in [-0.4, -0.2) is 40.1 Å². The summed E-state index contributed by atoms with van der Waals surface area (Å²) in [5.74, 6) is -0.214. The number of sulfonamides is 1. The van der Waals surface area contributed by atoms with Gasteiger partial charge in [-0.1, -0.05) is 6.07 Å². The van der Waals surface area contributed by atoms with Crippen LogP contribution in [0, 0.1) is 0 Å². The summed E-state index contributed by atoms with van der Waals surface area (Å²) in [6.45, 7) is -0.135. The molecule has 0 amide bonds. The highest BCUT2D eigenvalue weighted by Gasteiger charge is 2.13. The van der Waals surface area contributed by atoms with Crippen molar-refractivity contribution in [3.8, 4) is 0 Å². The fourth-order valence-electron chi connectivity index (χ4n) is 2.22. The van der Waals surface area contributed by atoms with Crippen molar-refractivity contribution in [1.82, 2.24) is 19.6 Å². The zero-order chi connectivity index (χ0) is 16.6. The summed E-state index contributed by atoms with van der Waals surface area (Å²) < 4.78 is 25.9. The number of carbonyl (C=O) groups is 1. The highest BCUT2D eigenvalue weighted by Crippen LogP contribution is 2.21. The number of hydrogen-bond acceptors (Lipinski definition) is 6. The molecule has 2 aromatic heterocycles. The third-order valence-corrected chi connectivity index (χ3v) is 3.72. The van der Waals surface area contributed by atoms with Gasteiger partial charge in [0.2, 0.25) is 10.0 Å². The maximum atomic E-state index is 12.4. The first kappa shape index (κ1) is 15.0. The van der Waals surface area contributed by atoms with Crippen LogP contribution in [0.4, 0.5) is 11.5 Å². The van der Waals surface area contributed by atoms with Crippen LogP contribution in [-0.2, 0) is 16.6 Å². The number of nitrogen functional groups attached to an aromatic ring is 1. The average Bonchev–Trinajstić information content (AvgIpc) is 3.04. The maximum absolute atomic E-state index is 12.4. The molecule has 0 radical (unpaired) electrons. The van der Waals surface area contributed by atoms with Crippen molar-refractivity contribution >= 4 is 38.3 Å². The lowest BCUT2D eigenvalue weighted by atomic mass is 10.2. The summed E-state index contributed by atoms with van der Waals surface area (Å²) in [6.07, 6.45) is 3.87. The van der Waals surface area contributed by atoms with Crippen LogP contribution >= 0.6 is 0 Å². The Labute approximate surface area is 131 Å². The molecule has 0 atom stereocenters. The van der Waals surface area contributed by atoms with Gasteiger partial charge in [0.15, 0.2) is 5.82 Å². The van der Waals surface area contributed by atoms with E-state index in [0.717, 1.165) is 16.4 Å². The Morgan fingerprint density at radius 3 is 2.87 bits per heavy atom. The first-order valence-electron chi connectivity index (χ1n) is 6.60. The van der Waals surface area contributed by atoms with Gasteiger partial charge in [-0.3, -0.25) is 14.1 Å². The molecule has 0 bridgehead atoms. The number of nitrogens with two attached hydrogens (primary N) is 1. The molecule has 0 fully saturated rings. The van der Waals surface area contributed by atoms with Crippen LogP contribution in [0.5, 0.6) is 0 Å². The molecule has 0 saturated carbocycles. The van der Waals surface area contributed by atoms with Crippen molar-refractivity contribution in [3.05, 3.63) is 36.7 Å². The van der Waals surface area contributed by atoms with Crippen molar-refractivity contribution in [3.63, 3.8) is 0 Å². The van der Waals surface area contributed by atoms with E-state index in [-0.39, 0.29) is 18.3 Å². The third kappa shape index (κ3) is 3.16. The zero-order valence-electron chi connectivity index (χ0n) is 12.2. The molecule has 2 heterocycles. The second-order valence-corrected chi connectivity index (χ2v) is 6.74. The fourth-order valence-corrected chi connectivity index (χ4v) is 2.69. The van der Waals surface area contributed by atoms with Gasteiger partial charge in [0, 0.05) is 17.3 Å². The van der Waals surface area contributed by atoms with E-state index in [9.17, 15) is 13.2 Å². The molecule has 9 nitrogen and oxygen atoms in total. The van der Waals surface area contributed by atoms with Crippen molar-refractivity contribution in [2.75, 3.05) is 16.7 Å². The topological polar surface area (TPSA) is 125 Å². The number of anilines is 2. The average molecular weight is 334 g/mol. The monoisotopic (exact) mass is 334 g/mol. The van der Waals surface area contributed by atoms with Crippen LogP contribution in [0.1, 0.15) is 4.79 Å². The van der Waals surface area contributed by atoms with Crippen molar-refractivity contribution in [2.24, 2.45) is 0 Å². The number of aromatic nitrogens is 4. The quantitative estimate of drug-likeness (QED) is 0.670.